The van der Waals surface area contributed by atoms with Crippen LogP contribution in [0.4, 0.5) is 11.4 Å². The van der Waals surface area contributed by atoms with E-state index < -0.39 is 4.92 Å². The lowest BCUT2D eigenvalue weighted by molar-refractivity contribution is -0.384. The van der Waals surface area contributed by atoms with Gasteiger partial charge in [0.25, 0.3) is 5.69 Å². The Balaban J connectivity index is 2.37. The largest absolute Gasteiger partial charge is 0.481 e. The molecule has 0 saturated carbocycles. The average molecular weight is 238 g/mol. The second-order valence-corrected chi connectivity index (χ2v) is 3.88. The third-order valence-corrected chi connectivity index (χ3v) is 2.73. The molecular weight excluding hydrogens is 228 g/mol. The maximum absolute atomic E-state index is 10.6. The fourth-order valence-electron chi connectivity index (χ4n) is 1.51. The number of fused-ring (bicyclic) bond motifs is 1. The van der Waals surface area contributed by atoms with Crippen LogP contribution in [0.25, 0.3) is 0 Å². The Morgan fingerprint density at radius 3 is 3.00 bits per heavy atom. The molecule has 1 atom stereocenters. The molecule has 1 aliphatic rings. The van der Waals surface area contributed by atoms with Crippen molar-refractivity contribution in [2.24, 2.45) is 0 Å². The third kappa shape index (κ3) is 1.83. The van der Waals surface area contributed by atoms with Gasteiger partial charge in [-0.05, 0) is 12.5 Å². The summed E-state index contributed by atoms with van der Waals surface area (Å²) in [7, 11) is 0. The van der Waals surface area contributed by atoms with Gasteiger partial charge in [0.05, 0.1) is 16.7 Å². The summed E-state index contributed by atoms with van der Waals surface area (Å²) in [6, 6.07) is 4.43. The molecule has 1 N–H and O–H groups in total. The van der Waals surface area contributed by atoms with E-state index in [1.165, 1.54) is 12.1 Å². The fraction of sp³-hybridized carbons (Fsp3) is 0.300. The molecule has 1 heterocycles. The van der Waals surface area contributed by atoms with Gasteiger partial charge in [0.15, 0.2) is 5.75 Å². The Morgan fingerprint density at radius 2 is 2.38 bits per heavy atom. The van der Waals surface area contributed by atoms with Crippen molar-refractivity contribution in [3.63, 3.8) is 0 Å². The van der Waals surface area contributed by atoms with E-state index >= 15 is 0 Å². The highest BCUT2D eigenvalue weighted by Gasteiger charge is 2.24. The molecule has 84 valence electrons. The zero-order chi connectivity index (χ0) is 11.7. The number of rotatable bonds is 2. The van der Waals surface area contributed by atoms with Crippen molar-refractivity contribution in [2.75, 3.05) is 5.32 Å². The number of anilines is 1. The van der Waals surface area contributed by atoms with Crippen LogP contribution in [0.5, 0.6) is 5.75 Å². The molecule has 1 aliphatic heterocycles. The number of nitro benzene ring substituents is 1. The second kappa shape index (κ2) is 4.05. The van der Waals surface area contributed by atoms with Gasteiger partial charge in [-0.3, -0.25) is 10.1 Å². The summed E-state index contributed by atoms with van der Waals surface area (Å²) in [5.41, 5.74) is 0.698. The number of benzene rings is 1. The Morgan fingerprint density at radius 1 is 1.62 bits per heavy atom. The normalized spacial score (nSPS) is 18.3. The molecule has 0 amide bonds. The highest BCUT2D eigenvalue weighted by molar-refractivity contribution is 7.80. The van der Waals surface area contributed by atoms with Crippen LogP contribution in [0.1, 0.15) is 13.3 Å². The molecule has 0 aliphatic carbocycles. The van der Waals surface area contributed by atoms with E-state index in [4.69, 9.17) is 17.0 Å². The molecular formula is C10H10N2O3S. The van der Waals surface area contributed by atoms with E-state index in [-0.39, 0.29) is 11.8 Å². The van der Waals surface area contributed by atoms with E-state index in [9.17, 15) is 10.1 Å². The predicted molar refractivity (Wildman–Crippen MR) is 64.0 cm³/mol. The second-order valence-electron chi connectivity index (χ2n) is 3.44. The summed E-state index contributed by atoms with van der Waals surface area (Å²) in [6.45, 7) is 1.95. The summed E-state index contributed by atoms with van der Waals surface area (Å²) < 4.78 is 5.58. The van der Waals surface area contributed by atoms with Crippen molar-refractivity contribution in [1.29, 1.82) is 0 Å². The van der Waals surface area contributed by atoms with Gasteiger partial charge in [-0.2, -0.15) is 0 Å². The quantitative estimate of drug-likeness (QED) is 0.487. The molecule has 0 saturated heterocycles. The van der Waals surface area contributed by atoms with Gasteiger partial charge in [-0.25, -0.2) is 0 Å². The van der Waals surface area contributed by atoms with E-state index in [0.717, 1.165) is 6.42 Å². The minimum absolute atomic E-state index is 0.0169. The van der Waals surface area contributed by atoms with Crippen molar-refractivity contribution in [3.8, 4) is 5.75 Å². The van der Waals surface area contributed by atoms with Crippen LogP contribution >= 0.6 is 12.2 Å². The van der Waals surface area contributed by atoms with Gasteiger partial charge in [0.1, 0.15) is 11.1 Å². The molecule has 1 aromatic rings. The van der Waals surface area contributed by atoms with Crippen molar-refractivity contribution in [1.82, 2.24) is 0 Å². The number of nitrogens with one attached hydrogen (secondary N) is 1. The lowest BCUT2D eigenvalue weighted by atomic mass is 10.2. The summed E-state index contributed by atoms with van der Waals surface area (Å²) in [4.78, 5) is 10.8. The monoisotopic (exact) mass is 238 g/mol. The maximum atomic E-state index is 10.6. The zero-order valence-electron chi connectivity index (χ0n) is 8.60. The molecule has 1 unspecified atom stereocenters. The van der Waals surface area contributed by atoms with Crippen molar-refractivity contribution in [3.05, 3.63) is 28.3 Å². The first-order chi connectivity index (χ1) is 7.61. The summed E-state index contributed by atoms with van der Waals surface area (Å²) in [5.74, 6) is 0.481. The Bertz CT molecular complexity index is 461. The predicted octanol–water partition coefficient (Wildman–Crippen LogP) is 2.51. The zero-order valence-corrected chi connectivity index (χ0v) is 9.41. The van der Waals surface area contributed by atoms with E-state index in [1.54, 1.807) is 6.07 Å². The summed E-state index contributed by atoms with van der Waals surface area (Å²) >= 11 is 5.12. The van der Waals surface area contributed by atoms with Crippen molar-refractivity contribution >= 4 is 28.6 Å². The number of thiocarbonyl (C=S) groups is 1. The van der Waals surface area contributed by atoms with Gasteiger partial charge in [0.2, 0.25) is 0 Å². The fourth-order valence-corrected chi connectivity index (χ4v) is 1.84. The standard InChI is InChI=1S/C10H10N2O3S/c1-2-8-10(16)11-7-4-3-6(12(13)14)5-9(7)15-8/h3-5,8H,2H2,1H3,(H,11,16). The number of non-ortho nitro benzene ring substituents is 1. The van der Waals surface area contributed by atoms with Crippen molar-refractivity contribution < 1.29 is 9.66 Å². The Labute approximate surface area is 97.6 Å². The first-order valence-electron chi connectivity index (χ1n) is 4.87. The lowest BCUT2D eigenvalue weighted by Crippen LogP contribution is -2.34. The minimum Gasteiger partial charge on any atom is -0.481 e. The van der Waals surface area contributed by atoms with Crippen LogP contribution < -0.4 is 10.1 Å². The third-order valence-electron chi connectivity index (χ3n) is 2.37. The molecule has 0 bridgehead atoms. The van der Waals surface area contributed by atoms with Gasteiger partial charge < -0.3 is 10.1 Å². The van der Waals surface area contributed by atoms with Crippen molar-refractivity contribution in [2.45, 2.75) is 19.4 Å². The summed E-state index contributed by atoms with van der Waals surface area (Å²) in [6.07, 6.45) is 0.526. The first-order valence-corrected chi connectivity index (χ1v) is 5.28. The molecule has 0 radical (unpaired) electrons. The van der Waals surface area contributed by atoms with Crippen LogP contribution in [-0.2, 0) is 0 Å². The molecule has 16 heavy (non-hydrogen) atoms. The SMILES string of the molecule is CCC1Oc2cc([N+](=O)[O-])ccc2NC1=S. The minimum atomic E-state index is -0.447. The van der Waals surface area contributed by atoms with Crippen LogP contribution in [0.2, 0.25) is 0 Å². The number of hydrogen-bond acceptors (Lipinski definition) is 4. The maximum Gasteiger partial charge on any atom is 0.273 e. The Kier molecular flexibility index (Phi) is 2.74. The molecule has 0 spiro atoms. The molecule has 0 aromatic heterocycles. The molecule has 1 aromatic carbocycles. The smallest absolute Gasteiger partial charge is 0.273 e. The van der Waals surface area contributed by atoms with Gasteiger partial charge in [-0.1, -0.05) is 19.1 Å². The van der Waals surface area contributed by atoms with Crippen LogP contribution in [0, 0.1) is 10.1 Å². The number of nitrogens with zero attached hydrogens (tertiary/aromatic N) is 1. The van der Waals surface area contributed by atoms with E-state index in [0.29, 0.717) is 16.4 Å². The van der Waals surface area contributed by atoms with Crippen LogP contribution in [0.3, 0.4) is 0 Å². The van der Waals surface area contributed by atoms with Gasteiger partial charge in [-0.15, -0.1) is 0 Å². The number of hydrogen-bond donors (Lipinski definition) is 1. The highest BCUT2D eigenvalue weighted by Crippen LogP contribution is 2.33. The van der Waals surface area contributed by atoms with Gasteiger partial charge in [0, 0.05) is 6.07 Å². The number of nitro groups is 1. The van der Waals surface area contributed by atoms with E-state index in [2.05, 4.69) is 5.32 Å². The van der Waals surface area contributed by atoms with Crippen LogP contribution in [0.15, 0.2) is 18.2 Å². The summed E-state index contributed by atoms with van der Waals surface area (Å²) in [5, 5.41) is 13.6. The lowest BCUT2D eigenvalue weighted by Gasteiger charge is -2.26. The first kappa shape index (κ1) is 10.8. The highest BCUT2D eigenvalue weighted by atomic mass is 32.1. The van der Waals surface area contributed by atoms with Crippen LogP contribution in [-0.4, -0.2) is 16.0 Å². The number of ether oxygens (including phenoxy) is 1. The molecule has 0 fully saturated rings. The average Bonchev–Trinajstić information content (AvgIpc) is 2.27. The Hall–Kier alpha value is -1.69. The van der Waals surface area contributed by atoms with E-state index in [1.807, 2.05) is 6.92 Å². The molecule has 2 rings (SSSR count). The topological polar surface area (TPSA) is 64.4 Å². The molecule has 5 nitrogen and oxygen atoms in total. The molecule has 6 heteroatoms. The van der Waals surface area contributed by atoms with Gasteiger partial charge >= 0.3 is 0 Å².